The first kappa shape index (κ1) is 16.1. The molecular weight excluding hydrogens is 286 g/mol. The third-order valence-electron chi connectivity index (χ3n) is 4.81. The molecule has 124 valence electrons. The first-order valence-electron chi connectivity index (χ1n) is 8.57. The Bertz CT molecular complexity index is 689. The number of pyridine rings is 1. The van der Waals surface area contributed by atoms with E-state index in [2.05, 4.69) is 28.9 Å². The van der Waals surface area contributed by atoms with E-state index < -0.39 is 0 Å². The molecule has 1 saturated heterocycles. The van der Waals surface area contributed by atoms with Crippen LogP contribution in [0, 0.1) is 6.92 Å². The molecule has 0 aliphatic carbocycles. The summed E-state index contributed by atoms with van der Waals surface area (Å²) < 4.78 is 0. The molecule has 0 radical (unpaired) electrons. The molecule has 1 N–H and O–H groups in total. The molecule has 0 bridgehead atoms. The van der Waals surface area contributed by atoms with E-state index in [0.29, 0.717) is 0 Å². The SMILES string of the molecule is Cc1cc2c(N3CCCCCC3)cc(N(C)C)nc2cc1CO. The summed E-state index contributed by atoms with van der Waals surface area (Å²) in [6, 6.07) is 6.44. The van der Waals surface area contributed by atoms with Crippen molar-refractivity contribution in [3.8, 4) is 0 Å². The van der Waals surface area contributed by atoms with E-state index in [-0.39, 0.29) is 6.61 Å². The number of aryl methyl sites for hydroxylation is 1. The van der Waals surface area contributed by atoms with Crippen molar-refractivity contribution in [1.29, 1.82) is 0 Å². The second-order valence-electron chi connectivity index (χ2n) is 6.75. The van der Waals surface area contributed by atoms with E-state index in [9.17, 15) is 5.11 Å². The van der Waals surface area contributed by atoms with Crippen LogP contribution in [0.2, 0.25) is 0 Å². The molecule has 1 aliphatic rings. The number of rotatable bonds is 3. The molecule has 0 unspecified atom stereocenters. The molecule has 0 atom stereocenters. The standard InChI is InChI=1S/C19H27N3O/c1-14-10-16-17(11-15(14)13-23)20-19(21(2)3)12-18(16)22-8-6-4-5-7-9-22/h10-12,23H,4-9,13H2,1-3H3. The lowest BCUT2D eigenvalue weighted by Gasteiger charge is -2.26. The van der Waals surface area contributed by atoms with Gasteiger partial charge in [0.1, 0.15) is 5.82 Å². The van der Waals surface area contributed by atoms with Crippen LogP contribution >= 0.6 is 0 Å². The first-order chi connectivity index (χ1) is 11.1. The molecule has 23 heavy (non-hydrogen) atoms. The second kappa shape index (κ2) is 6.75. The Morgan fingerprint density at radius 3 is 2.39 bits per heavy atom. The van der Waals surface area contributed by atoms with Crippen LogP contribution in [-0.2, 0) is 6.61 Å². The number of hydrogen-bond donors (Lipinski definition) is 1. The second-order valence-corrected chi connectivity index (χ2v) is 6.75. The average Bonchev–Trinajstić information content (AvgIpc) is 2.82. The van der Waals surface area contributed by atoms with Crippen molar-refractivity contribution in [2.24, 2.45) is 0 Å². The number of anilines is 2. The van der Waals surface area contributed by atoms with Crippen molar-refractivity contribution in [2.75, 3.05) is 37.0 Å². The predicted octanol–water partition coefficient (Wildman–Crippen LogP) is 3.48. The van der Waals surface area contributed by atoms with Crippen LogP contribution in [0.1, 0.15) is 36.8 Å². The Labute approximate surface area is 138 Å². The van der Waals surface area contributed by atoms with Gasteiger partial charge in [-0.15, -0.1) is 0 Å². The van der Waals surface area contributed by atoms with Crippen LogP contribution in [0.5, 0.6) is 0 Å². The van der Waals surface area contributed by atoms with Gasteiger partial charge in [-0.25, -0.2) is 4.98 Å². The highest BCUT2D eigenvalue weighted by Gasteiger charge is 2.16. The van der Waals surface area contributed by atoms with Crippen molar-refractivity contribution in [2.45, 2.75) is 39.2 Å². The number of fused-ring (bicyclic) bond motifs is 1. The Morgan fingerprint density at radius 1 is 1.09 bits per heavy atom. The predicted molar refractivity (Wildman–Crippen MR) is 97.4 cm³/mol. The van der Waals surface area contributed by atoms with Crippen molar-refractivity contribution < 1.29 is 5.11 Å². The first-order valence-corrected chi connectivity index (χ1v) is 8.57. The monoisotopic (exact) mass is 313 g/mol. The van der Waals surface area contributed by atoms with Gasteiger partial charge >= 0.3 is 0 Å². The highest BCUT2D eigenvalue weighted by atomic mass is 16.3. The van der Waals surface area contributed by atoms with Gasteiger partial charge in [0.2, 0.25) is 0 Å². The minimum absolute atomic E-state index is 0.0642. The lowest BCUT2D eigenvalue weighted by molar-refractivity contribution is 0.281. The van der Waals surface area contributed by atoms with Gasteiger partial charge in [0, 0.05) is 44.3 Å². The van der Waals surface area contributed by atoms with Gasteiger partial charge in [-0.05, 0) is 43.0 Å². The van der Waals surface area contributed by atoms with Crippen LogP contribution < -0.4 is 9.80 Å². The van der Waals surface area contributed by atoms with E-state index in [0.717, 1.165) is 35.6 Å². The molecule has 1 fully saturated rings. The van der Waals surface area contributed by atoms with E-state index in [1.807, 2.05) is 20.2 Å². The minimum atomic E-state index is 0.0642. The number of aliphatic hydroxyl groups excluding tert-OH is 1. The zero-order chi connectivity index (χ0) is 16.4. The summed E-state index contributed by atoms with van der Waals surface area (Å²) in [5.74, 6) is 0.976. The molecule has 0 amide bonds. The zero-order valence-corrected chi connectivity index (χ0v) is 14.5. The minimum Gasteiger partial charge on any atom is -0.392 e. The molecule has 0 spiro atoms. The molecule has 2 heterocycles. The Morgan fingerprint density at radius 2 is 1.78 bits per heavy atom. The number of aliphatic hydroxyl groups is 1. The Hall–Kier alpha value is -1.81. The molecule has 1 aromatic heterocycles. The van der Waals surface area contributed by atoms with Gasteiger partial charge in [-0.2, -0.15) is 0 Å². The summed E-state index contributed by atoms with van der Waals surface area (Å²) >= 11 is 0. The fraction of sp³-hybridized carbons (Fsp3) is 0.526. The lowest BCUT2D eigenvalue weighted by atomic mass is 10.0. The number of nitrogens with zero attached hydrogens (tertiary/aromatic N) is 3. The zero-order valence-electron chi connectivity index (χ0n) is 14.5. The van der Waals surface area contributed by atoms with E-state index in [4.69, 9.17) is 4.98 Å². The fourth-order valence-corrected chi connectivity index (χ4v) is 3.37. The highest BCUT2D eigenvalue weighted by Crippen LogP contribution is 2.33. The Kier molecular flexibility index (Phi) is 4.71. The number of hydrogen-bond acceptors (Lipinski definition) is 4. The molecule has 4 nitrogen and oxygen atoms in total. The summed E-state index contributed by atoms with van der Waals surface area (Å²) in [5, 5.41) is 10.8. The topological polar surface area (TPSA) is 39.6 Å². The summed E-state index contributed by atoms with van der Waals surface area (Å²) in [6.07, 6.45) is 5.17. The number of benzene rings is 1. The average molecular weight is 313 g/mol. The molecule has 4 heteroatoms. The molecule has 3 rings (SSSR count). The summed E-state index contributed by atoms with van der Waals surface area (Å²) in [6.45, 7) is 4.37. The van der Waals surface area contributed by atoms with Crippen LogP contribution in [0.15, 0.2) is 18.2 Å². The van der Waals surface area contributed by atoms with Crippen molar-refractivity contribution >= 4 is 22.4 Å². The lowest BCUT2D eigenvalue weighted by Crippen LogP contribution is -2.25. The van der Waals surface area contributed by atoms with E-state index in [1.165, 1.54) is 36.8 Å². The van der Waals surface area contributed by atoms with Crippen LogP contribution in [0.25, 0.3) is 10.9 Å². The van der Waals surface area contributed by atoms with Crippen molar-refractivity contribution in [1.82, 2.24) is 4.98 Å². The van der Waals surface area contributed by atoms with Crippen LogP contribution in [0.4, 0.5) is 11.5 Å². The molecule has 1 aliphatic heterocycles. The molecular formula is C19H27N3O. The normalized spacial score (nSPS) is 15.7. The summed E-state index contributed by atoms with van der Waals surface area (Å²) in [7, 11) is 4.06. The van der Waals surface area contributed by atoms with Gasteiger partial charge in [-0.3, -0.25) is 0 Å². The van der Waals surface area contributed by atoms with Gasteiger partial charge in [0.05, 0.1) is 12.1 Å². The summed E-state index contributed by atoms with van der Waals surface area (Å²) in [4.78, 5) is 9.36. The summed E-state index contributed by atoms with van der Waals surface area (Å²) in [5.41, 5.74) is 4.36. The third kappa shape index (κ3) is 3.27. The largest absolute Gasteiger partial charge is 0.392 e. The quantitative estimate of drug-likeness (QED) is 0.941. The molecule has 1 aromatic carbocycles. The maximum Gasteiger partial charge on any atom is 0.130 e. The van der Waals surface area contributed by atoms with Gasteiger partial charge in [-0.1, -0.05) is 12.8 Å². The number of aromatic nitrogens is 1. The maximum absolute atomic E-state index is 9.56. The van der Waals surface area contributed by atoms with Crippen molar-refractivity contribution in [3.05, 3.63) is 29.3 Å². The fourth-order valence-electron chi connectivity index (χ4n) is 3.37. The van der Waals surface area contributed by atoms with Gasteiger partial charge in [0.15, 0.2) is 0 Å². The van der Waals surface area contributed by atoms with Crippen LogP contribution in [0.3, 0.4) is 0 Å². The molecule has 0 saturated carbocycles. The highest BCUT2D eigenvalue weighted by molar-refractivity contribution is 5.94. The van der Waals surface area contributed by atoms with E-state index >= 15 is 0 Å². The maximum atomic E-state index is 9.56. The van der Waals surface area contributed by atoms with Crippen LogP contribution in [-0.4, -0.2) is 37.3 Å². The Balaban J connectivity index is 2.18. The van der Waals surface area contributed by atoms with E-state index in [1.54, 1.807) is 0 Å². The van der Waals surface area contributed by atoms with Crippen molar-refractivity contribution in [3.63, 3.8) is 0 Å². The van der Waals surface area contributed by atoms with Gasteiger partial charge in [0.25, 0.3) is 0 Å². The van der Waals surface area contributed by atoms with Gasteiger partial charge < -0.3 is 14.9 Å². The molecule has 2 aromatic rings. The third-order valence-corrected chi connectivity index (χ3v) is 4.81. The smallest absolute Gasteiger partial charge is 0.130 e.